The van der Waals surface area contributed by atoms with Gasteiger partial charge in [-0.15, -0.1) is 11.6 Å². The molecule has 21 heavy (non-hydrogen) atoms. The summed E-state index contributed by atoms with van der Waals surface area (Å²) in [5.74, 6) is 1.34. The molecule has 1 aliphatic heterocycles. The molecule has 1 fully saturated rings. The lowest BCUT2D eigenvalue weighted by molar-refractivity contribution is 0.174. The first-order chi connectivity index (χ1) is 10.3. The SMILES string of the molecule is OC(CCCl)c1ccc(OCCCN2CCCCC2)cc1. The van der Waals surface area contributed by atoms with E-state index in [4.69, 9.17) is 16.3 Å². The van der Waals surface area contributed by atoms with Crippen LogP contribution in [0.1, 0.15) is 43.8 Å². The van der Waals surface area contributed by atoms with Gasteiger partial charge in [-0.3, -0.25) is 0 Å². The number of nitrogens with zero attached hydrogens (tertiary/aromatic N) is 1. The molecule has 2 rings (SSSR count). The minimum Gasteiger partial charge on any atom is -0.494 e. The van der Waals surface area contributed by atoms with Gasteiger partial charge in [-0.25, -0.2) is 0 Å². The molecule has 118 valence electrons. The smallest absolute Gasteiger partial charge is 0.119 e. The Morgan fingerprint density at radius 1 is 1.14 bits per heavy atom. The highest BCUT2D eigenvalue weighted by molar-refractivity contribution is 6.17. The summed E-state index contributed by atoms with van der Waals surface area (Å²) < 4.78 is 5.76. The molecular formula is C17H26ClNO2. The molecule has 1 saturated heterocycles. The van der Waals surface area contributed by atoms with Crippen molar-refractivity contribution in [3.8, 4) is 5.75 Å². The van der Waals surface area contributed by atoms with Crippen LogP contribution in [0.4, 0.5) is 0 Å². The van der Waals surface area contributed by atoms with Crippen LogP contribution in [0.25, 0.3) is 0 Å². The van der Waals surface area contributed by atoms with Gasteiger partial charge in [0, 0.05) is 12.4 Å². The van der Waals surface area contributed by atoms with Gasteiger partial charge in [0.15, 0.2) is 0 Å². The zero-order valence-electron chi connectivity index (χ0n) is 12.6. The Morgan fingerprint density at radius 2 is 1.86 bits per heavy atom. The van der Waals surface area contributed by atoms with E-state index >= 15 is 0 Å². The molecule has 0 aliphatic carbocycles. The van der Waals surface area contributed by atoms with E-state index in [0.29, 0.717) is 12.3 Å². The number of aliphatic hydroxyl groups is 1. The van der Waals surface area contributed by atoms with E-state index in [1.807, 2.05) is 24.3 Å². The van der Waals surface area contributed by atoms with E-state index in [1.165, 1.54) is 32.4 Å². The van der Waals surface area contributed by atoms with Crippen molar-refractivity contribution in [2.24, 2.45) is 0 Å². The third kappa shape index (κ3) is 5.85. The molecule has 1 unspecified atom stereocenters. The number of rotatable bonds is 8. The fourth-order valence-corrected chi connectivity index (χ4v) is 2.92. The fraction of sp³-hybridized carbons (Fsp3) is 0.647. The van der Waals surface area contributed by atoms with Crippen LogP contribution in [0.3, 0.4) is 0 Å². The number of aliphatic hydroxyl groups excluding tert-OH is 1. The van der Waals surface area contributed by atoms with E-state index in [-0.39, 0.29) is 0 Å². The molecule has 1 heterocycles. The van der Waals surface area contributed by atoms with Crippen molar-refractivity contribution in [3.63, 3.8) is 0 Å². The monoisotopic (exact) mass is 311 g/mol. The average molecular weight is 312 g/mol. The van der Waals surface area contributed by atoms with Crippen LogP contribution in [0.2, 0.25) is 0 Å². The molecule has 1 aliphatic rings. The molecule has 0 radical (unpaired) electrons. The van der Waals surface area contributed by atoms with Gasteiger partial charge in [0.2, 0.25) is 0 Å². The fourth-order valence-electron chi connectivity index (χ4n) is 2.72. The molecular weight excluding hydrogens is 286 g/mol. The van der Waals surface area contributed by atoms with Crippen molar-refractivity contribution in [2.75, 3.05) is 32.1 Å². The standard InChI is InChI=1S/C17H26ClNO2/c18-10-9-17(20)15-5-7-16(8-6-15)21-14-4-13-19-11-2-1-3-12-19/h5-8,17,20H,1-4,9-14H2. The summed E-state index contributed by atoms with van der Waals surface area (Å²) in [6, 6.07) is 7.68. The first kappa shape index (κ1) is 16.6. The van der Waals surface area contributed by atoms with Gasteiger partial charge >= 0.3 is 0 Å². The molecule has 0 bridgehead atoms. The Morgan fingerprint density at radius 3 is 2.52 bits per heavy atom. The van der Waals surface area contributed by atoms with Gasteiger partial charge in [0.1, 0.15) is 5.75 Å². The Bertz CT molecular complexity index is 390. The minimum atomic E-state index is -0.476. The lowest BCUT2D eigenvalue weighted by atomic mass is 10.1. The summed E-state index contributed by atoms with van der Waals surface area (Å²) in [5, 5.41) is 9.84. The van der Waals surface area contributed by atoms with Crippen molar-refractivity contribution in [2.45, 2.75) is 38.2 Å². The van der Waals surface area contributed by atoms with E-state index in [0.717, 1.165) is 30.9 Å². The second-order valence-corrected chi connectivity index (χ2v) is 6.04. The number of halogens is 1. The van der Waals surface area contributed by atoms with E-state index in [9.17, 15) is 5.11 Å². The van der Waals surface area contributed by atoms with Crippen molar-refractivity contribution in [3.05, 3.63) is 29.8 Å². The number of hydrogen-bond acceptors (Lipinski definition) is 3. The topological polar surface area (TPSA) is 32.7 Å². The summed E-state index contributed by atoms with van der Waals surface area (Å²) in [6.45, 7) is 4.37. The largest absolute Gasteiger partial charge is 0.494 e. The van der Waals surface area contributed by atoms with Gasteiger partial charge in [-0.1, -0.05) is 18.6 Å². The van der Waals surface area contributed by atoms with E-state index < -0.39 is 6.10 Å². The minimum absolute atomic E-state index is 0.468. The Kier molecular flexibility index (Phi) is 7.34. The average Bonchev–Trinajstić information content (AvgIpc) is 2.53. The van der Waals surface area contributed by atoms with Crippen LogP contribution in [0, 0.1) is 0 Å². The maximum Gasteiger partial charge on any atom is 0.119 e. The Labute approximate surface area is 132 Å². The van der Waals surface area contributed by atoms with Crippen LogP contribution in [-0.4, -0.2) is 42.1 Å². The first-order valence-electron chi connectivity index (χ1n) is 7.99. The number of hydrogen-bond donors (Lipinski definition) is 1. The highest BCUT2D eigenvalue weighted by Crippen LogP contribution is 2.20. The number of alkyl halides is 1. The van der Waals surface area contributed by atoms with Crippen molar-refractivity contribution in [1.82, 2.24) is 4.90 Å². The molecule has 1 N–H and O–H groups in total. The van der Waals surface area contributed by atoms with Gasteiger partial charge in [-0.2, -0.15) is 0 Å². The highest BCUT2D eigenvalue weighted by Gasteiger charge is 2.09. The lowest BCUT2D eigenvalue weighted by Crippen LogP contribution is -2.31. The lowest BCUT2D eigenvalue weighted by Gasteiger charge is -2.26. The zero-order valence-corrected chi connectivity index (χ0v) is 13.4. The van der Waals surface area contributed by atoms with Crippen LogP contribution in [0.5, 0.6) is 5.75 Å². The Balaban J connectivity index is 1.66. The molecule has 0 spiro atoms. The third-order valence-electron chi connectivity index (χ3n) is 3.98. The number of benzene rings is 1. The van der Waals surface area contributed by atoms with Crippen molar-refractivity contribution < 1.29 is 9.84 Å². The van der Waals surface area contributed by atoms with Crippen molar-refractivity contribution in [1.29, 1.82) is 0 Å². The maximum atomic E-state index is 9.84. The summed E-state index contributed by atoms with van der Waals surface area (Å²) in [6.07, 6.45) is 5.24. The summed E-state index contributed by atoms with van der Waals surface area (Å²) >= 11 is 5.64. The van der Waals surface area contributed by atoms with E-state index in [2.05, 4.69) is 4.90 Å². The van der Waals surface area contributed by atoms with Crippen LogP contribution < -0.4 is 4.74 Å². The Hall–Kier alpha value is -0.770. The van der Waals surface area contributed by atoms with Gasteiger partial charge in [-0.05, 0) is 56.5 Å². The quantitative estimate of drug-likeness (QED) is 0.588. The van der Waals surface area contributed by atoms with Crippen LogP contribution in [-0.2, 0) is 0 Å². The molecule has 0 saturated carbocycles. The summed E-state index contributed by atoms with van der Waals surface area (Å²) in [5.41, 5.74) is 0.899. The number of likely N-dealkylation sites (tertiary alicyclic amines) is 1. The number of piperidine rings is 1. The first-order valence-corrected chi connectivity index (χ1v) is 8.52. The molecule has 3 nitrogen and oxygen atoms in total. The molecule has 0 aromatic heterocycles. The predicted octanol–water partition coefficient (Wildman–Crippen LogP) is 3.60. The molecule has 1 atom stereocenters. The van der Waals surface area contributed by atoms with Gasteiger partial charge in [0.25, 0.3) is 0 Å². The normalized spacial score (nSPS) is 17.6. The molecule has 1 aromatic carbocycles. The zero-order chi connectivity index (χ0) is 14.9. The number of ether oxygens (including phenoxy) is 1. The molecule has 0 amide bonds. The molecule has 4 heteroatoms. The summed E-state index contributed by atoms with van der Waals surface area (Å²) in [4.78, 5) is 2.53. The second kappa shape index (κ2) is 9.29. The predicted molar refractivity (Wildman–Crippen MR) is 87.1 cm³/mol. The second-order valence-electron chi connectivity index (χ2n) is 5.67. The van der Waals surface area contributed by atoms with Crippen LogP contribution in [0.15, 0.2) is 24.3 Å². The highest BCUT2D eigenvalue weighted by atomic mass is 35.5. The third-order valence-corrected chi connectivity index (χ3v) is 4.20. The van der Waals surface area contributed by atoms with E-state index in [1.54, 1.807) is 0 Å². The van der Waals surface area contributed by atoms with Crippen LogP contribution >= 0.6 is 11.6 Å². The van der Waals surface area contributed by atoms with Gasteiger partial charge in [0.05, 0.1) is 12.7 Å². The van der Waals surface area contributed by atoms with Gasteiger partial charge < -0.3 is 14.7 Å². The summed E-state index contributed by atoms with van der Waals surface area (Å²) in [7, 11) is 0. The molecule has 1 aromatic rings. The maximum absolute atomic E-state index is 9.84. The van der Waals surface area contributed by atoms with Crippen molar-refractivity contribution >= 4 is 11.6 Å².